The molecule has 1 aromatic carbocycles. The third-order valence-corrected chi connectivity index (χ3v) is 3.42. The van der Waals surface area contributed by atoms with E-state index in [-0.39, 0.29) is 0 Å². The third kappa shape index (κ3) is 4.03. The molecule has 0 aromatic heterocycles. The number of allylic oxidation sites excluding steroid dienone is 1. The van der Waals surface area contributed by atoms with Crippen molar-refractivity contribution >= 4 is 0 Å². The number of hydrogen-bond acceptors (Lipinski definition) is 0. The molecule has 0 aliphatic rings. The summed E-state index contributed by atoms with van der Waals surface area (Å²) in [5.74, 6) is 1.74. The lowest BCUT2D eigenvalue weighted by atomic mass is 9.87. The van der Waals surface area contributed by atoms with Crippen LogP contribution in [0.3, 0.4) is 0 Å². The van der Waals surface area contributed by atoms with Crippen molar-refractivity contribution in [2.75, 3.05) is 0 Å². The summed E-state index contributed by atoms with van der Waals surface area (Å²) >= 11 is 0. The number of benzene rings is 1. The van der Waals surface area contributed by atoms with E-state index in [1.54, 1.807) is 0 Å². The second-order valence-corrected chi connectivity index (χ2v) is 5.79. The van der Waals surface area contributed by atoms with Crippen LogP contribution >= 0.6 is 0 Å². The smallest absolute Gasteiger partial charge is 0.00196 e. The molecule has 0 saturated carbocycles. The summed E-state index contributed by atoms with van der Waals surface area (Å²) in [6.45, 7) is 15.4. The molecule has 0 aliphatic carbocycles. The standard InChI is InChI=1S/C17H26/c1-12(2)11-16-7-9-17(10-8-16)15(6)14(5)13(3)4/h7-10,12-13,15H,5,11H2,1-4,6H3. The van der Waals surface area contributed by atoms with Crippen LogP contribution in [0.15, 0.2) is 36.4 Å². The van der Waals surface area contributed by atoms with E-state index in [2.05, 4.69) is 65.5 Å². The highest BCUT2D eigenvalue weighted by molar-refractivity contribution is 5.30. The highest BCUT2D eigenvalue weighted by Gasteiger charge is 2.12. The average Bonchev–Trinajstić information content (AvgIpc) is 2.27. The van der Waals surface area contributed by atoms with Gasteiger partial charge < -0.3 is 0 Å². The van der Waals surface area contributed by atoms with Gasteiger partial charge in [0.2, 0.25) is 0 Å². The molecule has 0 aliphatic heterocycles. The zero-order valence-electron chi connectivity index (χ0n) is 12.0. The van der Waals surface area contributed by atoms with E-state index in [1.165, 1.54) is 23.1 Å². The third-order valence-electron chi connectivity index (χ3n) is 3.42. The molecule has 0 nitrogen and oxygen atoms in total. The van der Waals surface area contributed by atoms with E-state index < -0.39 is 0 Å². The lowest BCUT2D eigenvalue weighted by molar-refractivity contribution is 0.646. The van der Waals surface area contributed by atoms with Gasteiger partial charge in [-0.2, -0.15) is 0 Å². The minimum atomic E-state index is 0.461. The second kappa shape index (κ2) is 6.05. The molecular weight excluding hydrogens is 204 g/mol. The van der Waals surface area contributed by atoms with Gasteiger partial charge in [0.15, 0.2) is 0 Å². The lowest BCUT2D eigenvalue weighted by Crippen LogP contribution is -2.03. The van der Waals surface area contributed by atoms with Gasteiger partial charge in [-0.15, -0.1) is 0 Å². The van der Waals surface area contributed by atoms with Crippen molar-refractivity contribution in [1.29, 1.82) is 0 Å². The highest BCUT2D eigenvalue weighted by Crippen LogP contribution is 2.28. The van der Waals surface area contributed by atoms with Crippen molar-refractivity contribution in [2.45, 2.75) is 47.0 Å². The molecule has 0 amide bonds. The fourth-order valence-electron chi connectivity index (χ4n) is 2.13. The van der Waals surface area contributed by atoms with Crippen molar-refractivity contribution in [3.8, 4) is 0 Å². The Morgan fingerprint density at radius 3 is 1.94 bits per heavy atom. The molecule has 1 unspecified atom stereocenters. The van der Waals surface area contributed by atoms with Gasteiger partial charge >= 0.3 is 0 Å². The Morgan fingerprint density at radius 1 is 1.00 bits per heavy atom. The van der Waals surface area contributed by atoms with Gasteiger partial charge in [0.05, 0.1) is 0 Å². The van der Waals surface area contributed by atoms with Crippen LogP contribution in [-0.2, 0) is 6.42 Å². The fourth-order valence-corrected chi connectivity index (χ4v) is 2.13. The van der Waals surface area contributed by atoms with Gasteiger partial charge in [-0.3, -0.25) is 0 Å². The zero-order valence-corrected chi connectivity index (χ0v) is 12.0. The molecule has 0 saturated heterocycles. The summed E-state index contributed by atoms with van der Waals surface area (Å²) in [6.07, 6.45) is 1.17. The lowest BCUT2D eigenvalue weighted by Gasteiger charge is -2.19. The van der Waals surface area contributed by atoms with Crippen molar-refractivity contribution in [2.24, 2.45) is 11.8 Å². The molecule has 0 N–H and O–H groups in total. The molecule has 1 rings (SSSR count). The largest absolute Gasteiger partial charge is 0.0990 e. The Morgan fingerprint density at radius 2 is 1.53 bits per heavy atom. The summed E-state index contributed by atoms with van der Waals surface area (Å²) in [5, 5.41) is 0. The SMILES string of the molecule is C=C(C(C)C)C(C)c1ccc(CC(C)C)cc1. The van der Waals surface area contributed by atoms with E-state index in [4.69, 9.17) is 0 Å². The predicted octanol–water partition coefficient (Wildman–Crippen LogP) is 5.20. The molecule has 94 valence electrons. The van der Waals surface area contributed by atoms with E-state index in [0.29, 0.717) is 11.8 Å². The first kappa shape index (κ1) is 14.0. The molecule has 0 heteroatoms. The van der Waals surface area contributed by atoms with Gasteiger partial charge in [0, 0.05) is 5.92 Å². The van der Waals surface area contributed by atoms with Gasteiger partial charge in [-0.1, -0.05) is 71.0 Å². The molecule has 0 bridgehead atoms. The molecule has 0 spiro atoms. The van der Waals surface area contributed by atoms with Crippen LogP contribution in [0.2, 0.25) is 0 Å². The van der Waals surface area contributed by atoms with Gasteiger partial charge in [0.1, 0.15) is 0 Å². The summed E-state index contributed by atoms with van der Waals surface area (Å²) < 4.78 is 0. The Labute approximate surface area is 107 Å². The fraction of sp³-hybridized carbons (Fsp3) is 0.529. The van der Waals surface area contributed by atoms with E-state index >= 15 is 0 Å². The molecule has 17 heavy (non-hydrogen) atoms. The number of rotatable bonds is 5. The highest BCUT2D eigenvalue weighted by atomic mass is 14.2. The Bertz CT molecular complexity index is 354. The molecule has 1 aromatic rings. The maximum absolute atomic E-state index is 4.20. The van der Waals surface area contributed by atoms with Crippen LogP contribution < -0.4 is 0 Å². The van der Waals surface area contributed by atoms with Crippen molar-refractivity contribution in [3.63, 3.8) is 0 Å². The predicted molar refractivity (Wildman–Crippen MR) is 77.4 cm³/mol. The zero-order chi connectivity index (χ0) is 13.0. The van der Waals surface area contributed by atoms with Crippen molar-refractivity contribution in [3.05, 3.63) is 47.5 Å². The Balaban J connectivity index is 2.77. The van der Waals surface area contributed by atoms with Crippen LogP contribution in [0, 0.1) is 11.8 Å². The Kier molecular flexibility index (Phi) is 4.99. The molecular formula is C17H26. The summed E-state index contributed by atoms with van der Waals surface area (Å²) in [7, 11) is 0. The number of hydrogen-bond donors (Lipinski definition) is 0. The maximum Gasteiger partial charge on any atom is 0.00196 e. The van der Waals surface area contributed by atoms with Gasteiger partial charge in [-0.05, 0) is 29.4 Å². The van der Waals surface area contributed by atoms with Crippen LogP contribution in [0.4, 0.5) is 0 Å². The first-order valence-corrected chi connectivity index (χ1v) is 6.69. The minimum Gasteiger partial charge on any atom is -0.0990 e. The first-order chi connectivity index (χ1) is 7.91. The average molecular weight is 230 g/mol. The van der Waals surface area contributed by atoms with Gasteiger partial charge in [-0.25, -0.2) is 0 Å². The van der Waals surface area contributed by atoms with E-state index in [9.17, 15) is 0 Å². The van der Waals surface area contributed by atoms with Crippen molar-refractivity contribution in [1.82, 2.24) is 0 Å². The van der Waals surface area contributed by atoms with Crippen LogP contribution in [0.25, 0.3) is 0 Å². The van der Waals surface area contributed by atoms with Gasteiger partial charge in [0.25, 0.3) is 0 Å². The van der Waals surface area contributed by atoms with E-state index in [1.807, 2.05) is 0 Å². The molecule has 0 fully saturated rings. The molecule has 1 atom stereocenters. The first-order valence-electron chi connectivity index (χ1n) is 6.69. The molecule has 0 radical (unpaired) electrons. The maximum atomic E-state index is 4.20. The summed E-state index contributed by atoms with van der Waals surface area (Å²) in [4.78, 5) is 0. The Hall–Kier alpha value is -1.04. The quantitative estimate of drug-likeness (QED) is 0.610. The summed E-state index contributed by atoms with van der Waals surface area (Å²) in [6, 6.07) is 9.05. The van der Waals surface area contributed by atoms with Crippen LogP contribution in [0.5, 0.6) is 0 Å². The van der Waals surface area contributed by atoms with E-state index in [0.717, 1.165) is 5.92 Å². The molecule has 0 heterocycles. The monoisotopic (exact) mass is 230 g/mol. The minimum absolute atomic E-state index is 0.461. The van der Waals surface area contributed by atoms with Crippen molar-refractivity contribution < 1.29 is 0 Å². The topological polar surface area (TPSA) is 0 Å². The summed E-state index contributed by atoms with van der Waals surface area (Å²) in [5.41, 5.74) is 4.14. The normalized spacial score (nSPS) is 13.1. The second-order valence-electron chi connectivity index (χ2n) is 5.79. The van der Waals surface area contributed by atoms with Crippen LogP contribution in [0.1, 0.15) is 51.7 Å². The van der Waals surface area contributed by atoms with Crippen LogP contribution in [-0.4, -0.2) is 0 Å².